The normalized spacial score (nSPS) is 26.3. The van der Waals surface area contributed by atoms with Gasteiger partial charge in [0.15, 0.2) is 5.01 Å². The highest BCUT2D eigenvalue weighted by molar-refractivity contribution is 7.17. The Labute approximate surface area is 132 Å². The lowest BCUT2D eigenvalue weighted by Crippen LogP contribution is -2.42. The molecule has 3 atom stereocenters. The molecule has 3 heterocycles. The van der Waals surface area contributed by atoms with Crippen molar-refractivity contribution in [2.24, 2.45) is 0 Å². The number of para-hydroxylation sites is 1. The van der Waals surface area contributed by atoms with Crippen molar-refractivity contribution in [2.75, 3.05) is 0 Å². The van der Waals surface area contributed by atoms with Gasteiger partial charge < -0.3 is 15.7 Å². The van der Waals surface area contributed by atoms with E-state index in [0.717, 1.165) is 17.7 Å². The Morgan fingerprint density at radius 2 is 2.23 bits per heavy atom. The fraction of sp³-hybridized carbons (Fsp3) is 0.375. The third kappa shape index (κ3) is 2.38. The van der Waals surface area contributed by atoms with E-state index in [1.165, 1.54) is 17.8 Å². The SMILES string of the molecule is O=C(N[C@@H]1C[C@H]2CC[C@@H]1N2)c1ncc(-c2ccccc2O)s1. The van der Waals surface area contributed by atoms with Crippen molar-refractivity contribution in [2.45, 2.75) is 37.4 Å². The molecule has 0 aliphatic carbocycles. The fourth-order valence-electron chi connectivity index (χ4n) is 3.40. The molecule has 0 saturated carbocycles. The molecule has 2 fully saturated rings. The van der Waals surface area contributed by atoms with Crippen LogP contribution < -0.4 is 10.6 Å². The number of carbonyl (C=O) groups excluding carboxylic acids is 1. The lowest BCUT2D eigenvalue weighted by Gasteiger charge is -2.20. The zero-order chi connectivity index (χ0) is 15.1. The molecular formula is C16H17N3O2S. The highest BCUT2D eigenvalue weighted by atomic mass is 32.1. The number of benzene rings is 1. The topological polar surface area (TPSA) is 74.2 Å². The number of phenolic OH excluding ortho intramolecular Hbond substituents is 1. The number of rotatable bonds is 3. The number of nitrogens with zero attached hydrogens (tertiary/aromatic N) is 1. The van der Waals surface area contributed by atoms with Gasteiger partial charge in [0.05, 0.1) is 4.88 Å². The summed E-state index contributed by atoms with van der Waals surface area (Å²) in [5.74, 6) is 0.0847. The second-order valence-electron chi connectivity index (χ2n) is 5.91. The van der Waals surface area contributed by atoms with Crippen LogP contribution in [0.4, 0.5) is 0 Å². The van der Waals surface area contributed by atoms with E-state index in [4.69, 9.17) is 0 Å². The molecule has 2 aromatic rings. The number of thiazole rings is 1. The van der Waals surface area contributed by atoms with Gasteiger partial charge in [0.1, 0.15) is 5.75 Å². The van der Waals surface area contributed by atoms with Crippen molar-refractivity contribution < 1.29 is 9.90 Å². The molecule has 1 aromatic heterocycles. The van der Waals surface area contributed by atoms with E-state index in [0.29, 0.717) is 22.7 Å². The first kappa shape index (κ1) is 13.7. The molecule has 2 saturated heterocycles. The molecule has 22 heavy (non-hydrogen) atoms. The maximum atomic E-state index is 12.4. The molecule has 2 bridgehead atoms. The number of fused-ring (bicyclic) bond motifs is 2. The van der Waals surface area contributed by atoms with Gasteiger partial charge in [-0.2, -0.15) is 0 Å². The van der Waals surface area contributed by atoms with Gasteiger partial charge in [-0.1, -0.05) is 12.1 Å². The van der Waals surface area contributed by atoms with Gasteiger partial charge in [0.25, 0.3) is 5.91 Å². The van der Waals surface area contributed by atoms with Crippen LogP contribution in [0.1, 0.15) is 29.1 Å². The Morgan fingerprint density at radius 1 is 1.36 bits per heavy atom. The maximum Gasteiger partial charge on any atom is 0.280 e. The molecule has 0 unspecified atom stereocenters. The number of nitrogens with one attached hydrogen (secondary N) is 2. The molecule has 5 nitrogen and oxygen atoms in total. The van der Waals surface area contributed by atoms with E-state index in [-0.39, 0.29) is 17.7 Å². The molecule has 1 amide bonds. The molecule has 4 rings (SSSR count). The number of hydrogen-bond acceptors (Lipinski definition) is 5. The summed E-state index contributed by atoms with van der Waals surface area (Å²) in [7, 11) is 0. The Hall–Kier alpha value is -1.92. The van der Waals surface area contributed by atoms with Gasteiger partial charge in [0, 0.05) is 29.9 Å². The van der Waals surface area contributed by atoms with Gasteiger partial charge in [0.2, 0.25) is 0 Å². The first-order valence-electron chi connectivity index (χ1n) is 7.52. The molecule has 6 heteroatoms. The van der Waals surface area contributed by atoms with Gasteiger partial charge in [-0.25, -0.2) is 4.98 Å². The van der Waals surface area contributed by atoms with Crippen LogP contribution in [-0.4, -0.2) is 34.1 Å². The van der Waals surface area contributed by atoms with Crippen LogP contribution in [0, 0.1) is 0 Å². The van der Waals surface area contributed by atoms with Crippen LogP contribution in [-0.2, 0) is 0 Å². The fourth-order valence-corrected chi connectivity index (χ4v) is 4.25. The molecule has 0 spiro atoms. The third-order valence-corrected chi connectivity index (χ3v) is 5.52. The van der Waals surface area contributed by atoms with Crippen molar-refractivity contribution in [3.8, 4) is 16.2 Å². The Balaban J connectivity index is 1.49. The molecule has 2 aliphatic rings. The van der Waals surface area contributed by atoms with Gasteiger partial charge >= 0.3 is 0 Å². The Bertz CT molecular complexity index is 715. The molecule has 1 aromatic carbocycles. The van der Waals surface area contributed by atoms with Crippen LogP contribution >= 0.6 is 11.3 Å². The van der Waals surface area contributed by atoms with Crippen LogP contribution in [0.5, 0.6) is 5.75 Å². The van der Waals surface area contributed by atoms with Crippen molar-refractivity contribution in [3.05, 3.63) is 35.5 Å². The largest absolute Gasteiger partial charge is 0.507 e. The zero-order valence-corrected chi connectivity index (χ0v) is 12.8. The van der Waals surface area contributed by atoms with Crippen molar-refractivity contribution >= 4 is 17.2 Å². The number of aromatic nitrogens is 1. The first-order chi connectivity index (χ1) is 10.7. The van der Waals surface area contributed by atoms with E-state index in [1.807, 2.05) is 12.1 Å². The maximum absolute atomic E-state index is 12.4. The van der Waals surface area contributed by atoms with Crippen molar-refractivity contribution in [1.29, 1.82) is 0 Å². The summed E-state index contributed by atoms with van der Waals surface area (Å²) in [5.41, 5.74) is 0.709. The number of hydrogen-bond donors (Lipinski definition) is 3. The first-order valence-corrected chi connectivity index (χ1v) is 8.33. The summed E-state index contributed by atoms with van der Waals surface area (Å²) >= 11 is 1.31. The van der Waals surface area contributed by atoms with Crippen LogP contribution in [0.3, 0.4) is 0 Å². The smallest absolute Gasteiger partial charge is 0.280 e. The minimum absolute atomic E-state index is 0.119. The predicted molar refractivity (Wildman–Crippen MR) is 85.0 cm³/mol. The summed E-state index contributed by atoms with van der Waals surface area (Å²) < 4.78 is 0. The summed E-state index contributed by atoms with van der Waals surface area (Å²) in [6.45, 7) is 0. The van der Waals surface area contributed by atoms with Crippen LogP contribution in [0.25, 0.3) is 10.4 Å². The Kier molecular flexibility index (Phi) is 3.35. The standard InChI is InChI=1S/C16H17N3O2S/c20-13-4-2-1-3-10(13)14-8-17-16(22-14)15(21)19-12-7-9-5-6-11(12)18-9/h1-4,8-9,11-12,18,20H,5-7H2,(H,19,21)/t9-,11+,12-/m1/s1. The summed E-state index contributed by atoms with van der Waals surface area (Å²) in [4.78, 5) is 17.4. The van der Waals surface area contributed by atoms with Crippen LogP contribution in [0.2, 0.25) is 0 Å². The lowest BCUT2D eigenvalue weighted by atomic mass is 9.95. The average Bonchev–Trinajstić information content (AvgIpc) is 3.24. The second kappa shape index (κ2) is 5.37. The second-order valence-corrected chi connectivity index (χ2v) is 6.94. The summed E-state index contributed by atoms with van der Waals surface area (Å²) in [6, 6.07) is 8.27. The Morgan fingerprint density at radius 3 is 2.95 bits per heavy atom. The molecule has 3 N–H and O–H groups in total. The highest BCUT2D eigenvalue weighted by Gasteiger charge is 2.39. The highest BCUT2D eigenvalue weighted by Crippen LogP contribution is 2.33. The zero-order valence-electron chi connectivity index (χ0n) is 12.0. The number of phenols is 1. The molecule has 114 valence electrons. The monoisotopic (exact) mass is 315 g/mol. The predicted octanol–water partition coefficient (Wildman–Crippen LogP) is 2.14. The van der Waals surface area contributed by atoms with E-state index in [1.54, 1.807) is 18.3 Å². The van der Waals surface area contributed by atoms with Gasteiger partial charge in [-0.3, -0.25) is 4.79 Å². The van der Waals surface area contributed by atoms with E-state index >= 15 is 0 Å². The van der Waals surface area contributed by atoms with E-state index in [9.17, 15) is 9.90 Å². The quantitative estimate of drug-likeness (QED) is 0.811. The number of carbonyl (C=O) groups is 1. The van der Waals surface area contributed by atoms with Crippen LogP contribution in [0.15, 0.2) is 30.5 Å². The van der Waals surface area contributed by atoms with Crippen molar-refractivity contribution in [3.63, 3.8) is 0 Å². The summed E-state index contributed by atoms with van der Waals surface area (Å²) in [5, 5.41) is 16.9. The average molecular weight is 315 g/mol. The number of amides is 1. The van der Waals surface area contributed by atoms with E-state index < -0.39 is 0 Å². The molecular weight excluding hydrogens is 298 g/mol. The summed E-state index contributed by atoms with van der Waals surface area (Å²) in [6.07, 6.45) is 5.00. The minimum atomic E-state index is -0.119. The van der Waals surface area contributed by atoms with Gasteiger partial charge in [-0.15, -0.1) is 11.3 Å². The molecule has 0 radical (unpaired) electrons. The lowest BCUT2D eigenvalue weighted by molar-refractivity contribution is 0.0930. The minimum Gasteiger partial charge on any atom is -0.507 e. The van der Waals surface area contributed by atoms with Gasteiger partial charge in [-0.05, 0) is 31.4 Å². The number of aromatic hydroxyl groups is 1. The van der Waals surface area contributed by atoms with Crippen molar-refractivity contribution in [1.82, 2.24) is 15.6 Å². The van der Waals surface area contributed by atoms with E-state index in [2.05, 4.69) is 15.6 Å². The molecule has 2 aliphatic heterocycles. The third-order valence-electron chi connectivity index (χ3n) is 4.49.